The fourth-order valence-corrected chi connectivity index (χ4v) is 4.48. The van der Waals surface area contributed by atoms with Crippen molar-refractivity contribution in [1.29, 1.82) is 0 Å². The minimum Gasteiger partial charge on any atom is -0.349 e. The molecule has 1 aromatic heterocycles. The van der Waals surface area contributed by atoms with Gasteiger partial charge in [0.2, 0.25) is 0 Å². The Balaban J connectivity index is 1.46. The monoisotopic (exact) mass is 604 g/mol. The molecule has 2 aliphatic rings. The molecule has 2 heterocycles. The third-order valence-electron chi connectivity index (χ3n) is 6.09. The van der Waals surface area contributed by atoms with Gasteiger partial charge in [-0.25, -0.2) is 0 Å². The van der Waals surface area contributed by atoms with Gasteiger partial charge in [-0.3, -0.25) is 19.4 Å². The van der Waals surface area contributed by atoms with Crippen LogP contribution < -0.4 is 10.6 Å². The van der Waals surface area contributed by atoms with E-state index in [2.05, 4.69) is 50.8 Å². The molecular formula is C30H29BrN4O3S. The van der Waals surface area contributed by atoms with E-state index in [1.54, 1.807) is 53.7 Å². The molecule has 0 radical (unpaired) electrons. The number of aromatic nitrogens is 1. The first-order valence-electron chi connectivity index (χ1n) is 12.5. The molecular weight excluding hydrogens is 576 g/mol. The molecule has 1 aliphatic heterocycles. The Hall–Kier alpha value is -3.69. The molecule has 9 heteroatoms. The number of hydrogen-bond acceptors (Lipinski definition) is 5. The van der Waals surface area contributed by atoms with Crippen molar-refractivity contribution in [2.24, 2.45) is 0 Å². The van der Waals surface area contributed by atoms with Gasteiger partial charge in [0.15, 0.2) is 0 Å². The van der Waals surface area contributed by atoms with Crippen LogP contribution in [0.25, 0.3) is 0 Å². The molecule has 2 N–H and O–H groups in total. The van der Waals surface area contributed by atoms with Gasteiger partial charge in [-0.2, -0.15) is 0 Å². The predicted octanol–water partition coefficient (Wildman–Crippen LogP) is 5.63. The van der Waals surface area contributed by atoms with Crippen LogP contribution in [0.4, 0.5) is 5.69 Å². The van der Waals surface area contributed by atoms with Gasteiger partial charge in [-0.15, -0.1) is 12.6 Å². The summed E-state index contributed by atoms with van der Waals surface area (Å²) in [6.45, 7) is 4.91. The first-order valence-corrected chi connectivity index (χ1v) is 13.8. The molecule has 0 unspecified atom stereocenters. The highest BCUT2D eigenvalue weighted by Crippen LogP contribution is 2.22. The van der Waals surface area contributed by atoms with E-state index < -0.39 is 0 Å². The smallest absolute Gasteiger partial charge is 0.257 e. The van der Waals surface area contributed by atoms with Gasteiger partial charge in [0, 0.05) is 47.2 Å². The molecule has 1 fully saturated rings. The molecule has 4 rings (SSSR count). The molecule has 0 saturated heterocycles. The van der Waals surface area contributed by atoms with Gasteiger partial charge in [-0.05, 0) is 82.7 Å². The lowest BCUT2D eigenvalue weighted by Gasteiger charge is -2.22. The second-order valence-electron chi connectivity index (χ2n) is 9.25. The van der Waals surface area contributed by atoms with Gasteiger partial charge in [-0.1, -0.05) is 37.0 Å². The van der Waals surface area contributed by atoms with Crippen molar-refractivity contribution in [2.45, 2.75) is 25.3 Å². The number of carbonyl (C=O) groups excluding carboxylic acids is 3. The lowest BCUT2D eigenvalue weighted by Crippen LogP contribution is -2.32. The molecule has 1 aromatic carbocycles. The molecule has 39 heavy (non-hydrogen) atoms. The average molecular weight is 606 g/mol. The number of carbonyl (C=O) groups is 3. The lowest BCUT2D eigenvalue weighted by atomic mass is 10.1. The highest BCUT2D eigenvalue weighted by atomic mass is 79.9. The predicted molar refractivity (Wildman–Crippen MR) is 161 cm³/mol. The van der Waals surface area contributed by atoms with Crippen molar-refractivity contribution in [3.8, 4) is 0 Å². The largest absolute Gasteiger partial charge is 0.349 e. The van der Waals surface area contributed by atoms with Crippen molar-refractivity contribution in [3.63, 3.8) is 0 Å². The summed E-state index contributed by atoms with van der Waals surface area (Å²) in [6, 6.07) is 8.66. The summed E-state index contributed by atoms with van der Waals surface area (Å²) in [7, 11) is 0. The van der Waals surface area contributed by atoms with Crippen molar-refractivity contribution in [3.05, 3.63) is 117 Å². The summed E-state index contributed by atoms with van der Waals surface area (Å²) >= 11 is 7.74. The van der Waals surface area contributed by atoms with E-state index in [0.717, 1.165) is 24.0 Å². The Labute approximate surface area is 242 Å². The van der Waals surface area contributed by atoms with Crippen LogP contribution in [0.2, 0.25) is 0 Å². The Morgan fingerprint density at radius 2 is 1.90 bits per heavy atom. The number of hydrogen-bond donors (Lipinski definition) is 3. The fraction of sp³-hybridized carbons (Fsp3) is 0.200. The zero-order valence-electron chi connectivity index (χ0n) is 21.3. The zero-order chi connectivity index (χ0) is 27.8. The number of amides is 3. The quantitative estimate of drug-likeness (QED) is 0.294. The summed E-state index contributed by atoms with van der Waals surface area (Å²) in [5.74, 6) is -0.621. The fourth-order valence-electron chi connectivity index (χ4n) is 3.82. The van der Waals surface area contributed by atoms with E-state index in [9.17, 15) is 14.4 Å². The second kappa shape index (κ2) is 13.4. The Morgan fingerprint density at radius 1 is 1.13 bits per heavy atom. The lowest BCUT2D eigenvalue weighted by molar-refractivity contribution is -0.116. The number of pyridine rings is 1. The van der Waals surface area contributed by atoms with Gasteiger partial charge in [0.05, 0.1) is 10.5 Å². The number of thiol groups is 1. The van der Waals surface area contributed by atoms with E-state index >= 15 is 0 Å². The van der Waals surface area contributed by atoms with Crippen LogP contribution in [-0.2, 0) is 4.79 Å². The first kappa shape index (κ1) is 28.3. The maximum absolute atomic E-state index is 13.4. The molecule has 1 aliphatic carbocycles. The number of halogens is 1. The molecule has 7 nitrogen and oxygen atoms in total. The summed E-state index contributed by atoms with van der Waals surface area (Å²) in [6.07, 6.45) is 16.8. The number of allylic oxidation sites excluding steroid dienone is 6. The molecule has 0 bridgehead atoms. The zero-order valence-corrected chi connectivity index (χ0v) is 23.8. The third-order valence-corrected chi connectivity index (χ3v) is 7.05. The number of nitrogens with one attached hydrogen (secondary N) is 2. The van der Waals surface area contributed by atoms with E-state index in [0.29, 0.717) is 45.7 Å². The SMILES string of the molecule is C=C1/C=C\C=C/CN(C(=O)c2ccc(NC(=O)c3ccncc3Br)cc2)CCC(/C=C(\S)C(=O)NC2CC2)=C\1. The minimum atomic E-state index is -0.281. The second-order valence-corrected chi connectivity index (χ2v) is 10.6. The molecule has 200 valence electrons. The van der Waals surface area contributed by atoms with Gasteiger partial charge in [0.1, 0.15) is 0 Å². The highest BCUT2D eigenvalue weighted by Gasteiger charge is 2.24. The Morgan fingerprint density at radius 3 is 2.62 bits per heavy atom. The van der Waals surface area contributed by atoms with Crippen LogP contribution in [0.3, 0.4) is 0 Å². The summed E-state index contributed by atoms with van der Waals surface area (Å²) in [4.78, 5) is 44.4. The van der Waals surface area contributed by atoms with E-state index in [4.69, 9.17) is 0 Å². The standard InChI is InChI=1S/C30H29BrN4O3S/c1-20-5-3-2-4-15-35(16-13-21(17-20)18-27(39)29(37)34-24-10-11-24)30(38)22-6-8-23(9-7-22)33-28(36)25-12-14-32-19-26(25)31/h2-9,12,14,17-19,24,39H,1,10-11,13,15-16H2,(H,33,36)(H,34,37)/b4-2-,5-3-,21-17+,27-18-. The van der Waals surface area contributed by atoms with Crippen molar-refractivity contribution in [2.75, 3.05) is 18.4 Å². The van der Waals surface area contributed by atoms with Crippen LogP contribution >= 0.6 is 28.6 Å². The van der Waals surface area contributed by atoms with E-state index in [1.807, 2.05) is 30.4 Å². The maximum atomic E-state index is 13.4. The third kappa shape index (κ3) is 8.40. The summed E-state index contributed by atoms with van der Waals surface area (Å²) in [5.41, 5.74) is 3.17. The molecule has 3 amide bonds. The highest BCUT2D eigenvalue weighted by molar-refractivity contribution is 9.10. The van der Waals surface area contributed by atoms with Gasteiger partial charge in [0.25, 0.3) is 17.7 Å². The number of rotatable bonds is 6. The van der Waals surface area contributed by atoms with Crippen LogP contribution in [0, 0.1) is 0 Å². The Bertz CT molecular complexity index is 1390. The Kier molecular flexibility index (Phi) is 9.73. The van der Waals surface area contributed by atoms with Crippen LogP contribution in [-0.4, -0.2) is 46.7 Å². The summed E-state index contributed by atoms with van der Waals surface area (Å²) < 4.78 is 0.595. The molecule has 0 atom stereocenters. The average Bonchev–Trinajstić information content (AvgIpc) is 3.74. The van der Waals surface area contributed by atoms with E-state index in [1.165, 1.54) is 0 Å². The van der Waals surface area contributed by atoms with Crippen molar-refractivity contribution in [1.82, 2.24) is 15.2 Å². The number of anilines is 1. The molecule has 1 saturated carbocycles. The summed E-state index contributed by atoms with van der Waals surface area (Å²) in [5, 5.41) is 5.77. The number of benzene rings is 1. The van der Waals surface area contributed by atoms with Gasteiger partial charge < -0.3 is 15.5 Å². The van der Waals surface area contributed by atoms with Crippen molar-refractivity contribution < 1.29 is 14.4 Å². The van der Waals surface area contributed by atoms with Gasteiger partial charge >= 0.3 is 0 Å². The maximum Gasteiger partial charge on any atom is 0.257 e. The van der Waals surface area contributed by atoms with Crippen LogP contribution in [0.1, 0.15) is 40.0 Å². The van der Waals surface area contributed by atoms with Crippen molar-refractivity contribution >= 4 is 52.0 Å². The van der Waals surface area contributed by atoms with E-state index in [-0.39, 0.29) is 23.8 Å². The number of nitrogens with zero attached hydrogens (tertiary/aromatic N) is 2. The molecule has 2 aromatic rings. The van der Waals surface area contributed by atoms with Crippen LogP contribution in [0.5, 0.6) is 0 Å². The first-order chi connectivity index (χ1) is 18.8. The minimum absolute atomic E-state index is 0.141. The normalized spacial score (nSPS) is 19.2. The topological polar surface area (TPSA) is 91.4 Å². The molecule has 0 spiro atoms. The van der Waals surface area contributed by atoms with Crippen LogP contribution in [0.15, 0.2) is 106 Å².